The maximum Gasteiger partial charge on any atom is 0.516 e. The monoisotopic (exact) mass is 437 g/mol. The van der Waals surface area contributed by atoms with E-state index in [0.717, 1.165) is 24.8 Å². The van der Waals surface area contributed by atoms with E-state index in [1.54, 1.807) is 12.1 Å². The largest absolute Gasteiger partial charge is 0.516 e. The first-order valence-corrected chi connectivity index (χ1v) is 10.1. The number of unbranched alkanes of at least 4 members (excludes halogenated alkanes) is 2. The Hall–Kier alpha value is -3.07. The number of aliphatic carboxylic acids is 1. The number of allylic oxidation sites excluding steroid dienone is 2. The van der Waals surface area contributed by atoms with E-state index in [0.29, 0.717) is 18.9 Å². The maximum absolute atomic E-state index is 12.0. The van der Waals surface area contributed by atoms with Crippen LogP contribution in [0.5, 0.6) is 11.5 Å². The van der Waals surface area contributed by atoms with E-state index >= 15 is 0 Å². The summed E-state index contributed by atoms with van der Waals surface area (Å²) in [5, 5.41) is 11.3. The van der Waals surface area contributed by atoms with Crippen LogP contribution < -0.4 is 14.8 Å². The number of benzene rings is 1. The van der Waals surface area contributed by atoms with Crippen LogP contribution in [0.2, 0.25) is 0 Å². The van der Waals surface area contributed by atoms with E-state index in [2.05, 4.69) is 40.8 Å². The van der Waals surface area contributed by atoms with E-state index in [1.807, 2.05) is 0 Å². The number of hydrogen-bond acceptors (Lipinski definition) is 7. The molecule has 172 valence electrons. The Morgan fingerprint density at radius 1 is 1.16 bits per heavy atom. The number of hydrogen-bond donors (Lipinski definition) is 2. The standard InChI is InChI=1S/C22H31NO8/c1-16(2)8-6-4-5-7-9-20(24)23-13-17-10-11-18(19(12-17)28-3)31-22(27)30-15-29-14-21(25)26/h6,8,10-12,16H,4-5,7,9,13-15H2,1-3H3,(H,23,24)(H,25,26)/b8-6+. The highest BCUT2D eigenvalue weighted by molar-refractivity contribution is 5.75. The fourth-order valence-corrected chi connectivity index (χ4v) is 2.45. The van der Waals surface area contributed by atoms with Gasteiger partial charge in [0.1, 0.15) is 6.61 Å². The molecule has 0 atom stereocenters. The van der Waals surface area contributed by atoms with Crippen LogP contribution in [-0.4, -0.2) is 43.6 Å². The Balaban J connectivity index is 2.40. The van der Waals surface area contributed by atoms with Crippen LogP contribution in [0, 0.1) is 5.92 Å². The summed E-state index contributed by atoms with van der Waals surface area (Å²) in [7, 11) is 1.42. The third-order valence-corrected chi connectivity index (χ3v) is 3.94. The summed E-state index contributed by atoms with van der Waals surface area (Å²) in [6, 6.07) is 4.84. The lowest BCUT2D eigenvalue weighted by molar-refractivity contribution is -0.146. The van der Waals surface area contributed by atoms with E-state index in [1.165, 1.54) is 13.2 Å². The van der Waals surface area contributed by atoms with E-state index in [9.17, 15) is 14.4 Å². The quantitative estimate of drug-likeness (QED) is 0.149. The van der Waals surface area contributed by atoms with E-state index < -0.39 is 25.5 Å². The van der Waals surface area contributed by atoms with Gasteiger partial charge in [-0.2, -0.15) is 0 Å². The number of amides is 1. The molecule has 1 aromatic rings. The van der Waals surface area contributed by atoms with Crippen molar-refractivity contribution in [3.8, 4) is 11.5 Å². The van der Waals surface area contributed by atoms with E-state index in [-0.39, 0.29) is 17.4 Å². The zero-order chi connectivity index (χ0) is 23.1. The SMILES string of the molecule is COc1cc(CNC(=O)CCCC/C=C/C(C)C)ccc1OC(=O)OCOCC(=O)O. The normalized spacial score (nSPS) is 10.8. The Kier molecular flexibility index (Phi) is 12.4. The number of carbonyl (C=O) groups is 3. The third-order valence-electron chi connectivity index (χ3n) is 3.94. The third kappa shape index (κ3) is 12.3. The highest BCUT2D eigenvalue weighted by atomic mass is 16.8. The van der Waals surface area contributed by atoms with Gasteiger partial charge in [0.2, 0.25) is 5.91 Å². The average Bonchev–Trinajstić information content (AvgIpc) is 2.72. The summed E-state index contributed by atoms with van der Waals surface area (Å²) >= 11 is 0. The second-order valence-corrected chi connectivity index (χ2v) is 7.04. The smallest absolute Gasteiger partial charge is 0.493 e. The highest BCUT2D eigenvalue weighted by Gasteiger charge is 2.13. The van der Waals surface area contributed by atoms with Crippen LogP contribution in [-0.2, 0) is 25.6 Å². The van der Waals surface area contributed by atoms with Crippen molar-refractivity contribution in [1.82, 2.24) is 5.32 Å². The predicted octanol–water partition coefficient (Wildman–Crippen LogP) is 3.66. The summed E-state index contributed by atoms with van der Waals surface area (Å²) in [4.78, 5) is 33.9. The number of carboxylic acid groups (broad SMARTS) is 1. The molecule has 0 heterocycles. The molecular weight excluding hydrogens is 406 g/mol. The minimum Gasteiger partial charge on any atom is -0.493 e. The lowest BCUT2D eigenvalue weighted by Crippen LogP contribution is -2.22. The van der Waals surface area contributed by atoms with Crippen molar-refractivity contribution in [3.63, 3.8) is 0 Å². The topological polar surface area (TPSA) is 120 Å². The summed E-state index contributed by atoms with van der Waals surface area (Å²) in [5.41, 5.74) is 0.774. The number of carbonyl (C=O) groups excluding carboxylic acids is 2. The minimum atomic E-state index is -1.18. The molecular formula is C22H31NO8. The van der Waals surface area contributed by atoms with Gasteiger partial charge in [-0.15, -0.1) is 0 Å². The van der Waals surface area contributed by atoms with Gasteiger partial charge in [-0.1, -0.05) is 32.1 Å². The van der Waals surface area contributed by atoms with Gasteiger partial charge in [-0.25, -0.2) is 9.59 Å². The molecule has 1 aromatic carbocycles. The molecule has 0 aliphatic rings. The molecule has 0 saturated carbocycles. The summed E-state index contributed by atoms with van der Waals surface area (Å²) < 4.78 is 19.4. The van der Waals surface area contributed by atoms with Gasteiger partial charge in [0.05, 0.1) is 7.11 Å². The van der Waals surface area contributed by atoms with Gasteiger partial charge in [0.15, 0.2) is 18.3 Å². The van der Waals surface area contributed by atoms with Gasteiger partial charge in [0.25, 0.3) is 0 Å². The molecule has 0 saturated heterocycles. The molecule has 0 aliphatic carbocycles. The summed E-state index contributed by atoms with van der Waals surface area (Å²) in [6.07, 6.45) is 6.47. The van der Waals surface area contributed by atoms with Crippen LogP contribution in [0.1, 0.15) is 45.1 Å². The molecule has 1 amide bonds. The molecule has 0 spiro atoms. The Morgan fingerprint density at radius 3 is 2.61 bits per heavy atom. The second kappa shape index (κ2) is 14.8. The first-order chi connectivity index (χ1) is 14.8. The van der Waals surface area contributed by atoms with Crippen LogP contribution in [0.3, 0.4) is 0 Å². The molecule has 1 rings (SSSR count). The lowest BCUT2D eigenvalue weighted by atomic mass is 10.1. The Labute approximate surface area is 182 Å². The van der Waals surface area contributed by atoms with Gasteiger partial charge >= 0.3 is 12.1 Å². The maximum atomic E-state index is 12.0. The first kappa shape index (κ1) is 26.0. The molecule has 31 heavy (non-hydrogen) atoms. The molecule has 0 aromatic heterocycles. The van der Waals surface area contributed by atoms with Crippen LogP contribution >= 0.6 is 0 Å². The number of carboxylic acids is 1. The van der Waals surface area contributed by atoms with Crippen LogP contribution in [0.4, 0.5) is 4.79 Å². The number of rotatable bonds is 14. The zero-order valence-electron chi connectivity index (χ0n) is 18.2. The molecule has 0 aliphatic heterocycles. The van der Waals surface area contributed by atoms with Crippen LogP contribution in [0.15, 0.2) is 30.4 Å². The summed E-state index contributed by atoms with van der Waals surface area (Å²) in [5.74, 6) is -0.264. The van der Waals surface area contributed by atoms with Crippen LogP contribution in [0.25, 0.3) is 0 Å². The first-order valence-electron chi connectivity index (χ1n) is 10.1. The van der Waals surface area contributed by atoms with E-state index in [4.69, 9.17) is 14.6 Å². The number of nitrogens with one attached hydrogen (secondary N) is 1. The van der Waals surface area contributed by atoms with Crippen molar-refractivity contribution in [2.75, 3.05) is 20.5 Å². The predicted molar refractivity (Wildman–Crippen MR) is 113 cm³/mol. The highest BCUT2D eigenvalue weighted by Crippen LogP contribution is 2.28. The Morgan fingerprint density at radius 2 is 1.94 bits per heavy atom. The average molecular weight is 437 g/mol. The van der Waals surface area contributed by atoms with Crippen molar-refractivity contribution in [1.29, 1.82) is 0 Å². The minimum absolute atomic E-state index is 0.0305. The Bertz CT molecular complexity index is 745. The fraction of sp³-hybridized carbons (Fsp3) is 0.500. The molecule has 9 nitrogen and oxygen atoms in total. The molecule has 0 fully saturated rings. The summed E-state index contributed by atoms with van der Waals surface area (Å²) in [6.45, 7) is 3.43. The van der Waals surface area contributed by atoms with Gasteiger partial charge in [-0.3, -0.25) is 4.79 Å². The molecule has 0 radical (unpaired) electrons. The molecule has 0 unspecified atom stereocenters. The lowest BCUT2D eigenvalue weighted by Gasteiger charge is -2.11. The number of methoxy groups -OCH3 is 1. The van der Waals surface area contributed by atoms with Gasteiger partial charge in [-0.05, 0) is 42.9 Å². The zero-order valence-corrected chi connectivity index (χ0v) is 18.2. The van der Waals surface area contributed by atoms with Gasteiger partial charge in [0, 0.05) is 13.0 Å². The molecule has 2 N–H and O–H groups in total. The van der Waals surface area contributed by atoms with Crippen molar-refractivity contribution >= 4 is 18.0 Å². The van der Waals surface area contributed by atoms with Crippen molar-refractivity contribution in [2.24, 2.45) is 5.92 Å². The fourth-order valence-electron chi connectivity index (χ4n) is 2.45. The number of ether oxygens (including phenoxy) is 4. The van der Waals surface area contributed by atoms with Crippen molar-refractivity contribution in [2.45, 2.75) is 46.1 Å². The second-order valence-electron chi connectivity index (χ2n) is 7.04. The van der Waals surface area contributed by atoms with Crippen molar-refractivity contribution < 1.29 is 38.4 Å². The van der Waals surface area contributed by atoms with Crippen molar-refractivity contribution in [3.05, 3.63) is 35.9 Å². The van der Waals surface area contributed by atoms with Gasteiger partial charge < -0.3 is 29.4 Å². The molecule has 0 bridgehead atoms. The molecule has 9 heteroatoms.